The molecule has 0 N–H and O–H groups in total. The van der Waals surface area contributed by atoms with Crippen molar-refractivity contribution in [2.75, 3.05) is 26.8 Å². The van der Waals surface area contributed by atoms with Crippen LogP contribution in [0.4, 0.5) is 0 Å². The van der Waals surface area contributed by atoms with E-state index in [-0.39, 0.29) is 24.4 Å². The van der Waals surface area contributed by atoms with E-state index in [1.807, 2.05) is 6.07 Å². The van der Waals surface area contributed by atoms with E-state index >= 15 is 0 Å². The Morgan fingerprint density at radius 3 is 2.39 bits per heavy atom. The molecule has 2 amide bonds. The summed E-state index contributed by atoms with van der Waals surface area (Å²) in [7, 11) is 1.65. The van der Waals surface area contributed by atoms with Crippen LogP contribution in [0, 0.1) is 0 Å². The number of amides is 2. The number of carbonyl (C=O) groups excluding carboxylic acids is 2. The number of aromatic nitrogens is 1. The van der Waals surface area contributed by atoms with E-state index in [2.05, 4.69) is 59.0 Å². The molecule has 0 unspecified atom stereocenters. The molecule has 1 aromatic carbocycles. The molecule has 6 nitrogen and oxygen atoms in total. The third-order valence-corrected chi connectivity index (χ3v) is 7.78. The summed E-state index contributed by atoms with van der Waals surface area (Å²) >= 11 is 0. The van der Waals surface area contributed by atoms with Crippen molar-refractivity contribution in [2.45, 2.75) is 103 Å². The van der Waals surface area contributed by atoms with Crippen LogP contribution in [-0.4, -0.2) is 59.0 Å². The number of hydrogen-bond donors (Lipinski definition) is 0. The highest BCUT2D eigenvalue weighted by Crippen LogP contribution is 2.25. The van der Waals surface area contributed by atoms with Gasteiger partial charge >= 0.3 is 0 Å². The second-order valence-corrected chi connectivity index (χ2v) is 10.8. The average Bonchev–Trinajstić information content (AvgIpc) is 3.38. The van der Waals surface area contributed by atoms with Gasteiger partial charge < -0.3 is 19.1 Å². The van der Waals surface area contributed by atoms with Gasteiger partial charge in [0.1, 0.15) is 0 Å². The first-order valence-electron chi connectivity index (χ1n) is 14.9. The molecule has 1 aliphatic carbocycles. The molecule has 38 heavy (non-hydrogen) atoms. The lowest BCUT2D eigenvalue weighted by Gasteiger charge is -2.36. The molecule has 210 valence electrons. The van der Waals surface area contributed by atoms with Gasteiger partial charge in [0, 0.05) is 44.6 Å². The number of methoxy groups -OCH3 is 1. The van der Waals surface area contributed by atoms with Crippen molar-refractivity contribution in [3.05, 3.63) is 59.9 Å². The van der Waals surface area contributed by atoms with Crippen LogP contribution in [0.25, 0.3) is 0 Å². The largest absolute Gasteiger partial charge is 0.383 e. The van der Waals surface area contributed by atoms with E-state index in [0.29, 0.717) is 26.1 Å². The van der Waals surface area contributed by atoms with Gasteiger partial charge in [-0.05, 0) is 37.0 Å². The molecule has 0 spiro atoms. The van der Waals surface area contributed by atoms with E-state index in [0.717, 1.165) is 50.8 Å². The number of carbonyl (C=O) groups is 2. The van der Waals surface area contributed by atoms with Crippen LogP contribution in [0.15, 0.2) is 48.7 Å². The third kappa shape index (κ3) is 9.94. The average molecular weight is 524 g/mol. The summed E-state index contributed by atoms with van der Waals surface area (Å²) in [5, 5.41) is 0. The maximum absolute atomic E-state index is 13.8. The minimum absolute atomic E-state index is 0.0526. The van der Waals surface area contributed by atoms with Crippen LogP contribution in [0.1, 0.15) is 95.2 Å². The summed E-state index contributed by atoms with van der Waals surface area (Å²) in [6.45, 7) is 4.61. The molecule has 2 aromatic rings. The van der Waals surface area contributed by atoms with E-state index in [4.69, 9.17) is 4.74 Å². The fourth-order valence-electron chi connectivity index (χ4n) is 5.48. The summed E-state index contributed by atoms with van der Waals surface area (Å²) < 4.78 is 7.53. The van der Waals surface area contributed by atoms with Gasteiger partial charge in [-0.1, -0.05) is 88.6 Å². The Morgan fingerprint density at radius 2 is 1.66 bits per heavy atom. The highest BCUT2D eigenvalue weighted by Gasteiger charge is 2.28. The van der Waals surface area contributed by atoms with Gasteiger partial charge in [-0.2, -0.15) is 0 Å². The number of hydrogen-bond acceptors (Lipinski definition) is 3. The number of unbranched alkanes of at least 4 members (excludes halogenated alkanes) is 5. The zero-order valence-electron chi connectivity index (χ0n) is 23.8. The molecule has 0 aliphatic heterocycles. The second-order valence-electron chi connectivity index (χ2n) is 10.8. The lowest BCUT2D eigenvalue weighted by molar-refractivity contribution is -0.143. The molecule has 1 aliphatic rings. The number of benzene rings is 1. The Kier molecular flexibility index (Phi) is 13.5. The summed E-state index contributed by atoms with van der Waals surface area (Å²) in [5.41, 5.74) is 2.38. The Balaban J connectivity index is 1.67. The smallest absolute Gasteiger partial charge is 0.242 e. The van der Waals surface area contributed by atoms with E-state index in [1.54, 1.807) is 12.0 Å². The first-order chi connectivity index (χ1) is 18.6. The maximum Gasteiger partial charge on any atom is 0.242 e. The van der Waals surface area contributed by atoms with Gasteiger partial charge in [-0.25, -0.2) is 0 Å². The molecular weight excluding hydrogens is 474 g/mol. The van der Waals surface area contributed by atoms with Crippen molar-refractivity contribution in [3.8, 4) is 0 Å². The molecule has 0 bridgehead atoms. The van der Waals surface area contributed by atoms with Crippen LogP contribution in [0.2, 0.25) is 0 Å². The quantitative estimate of drug-likeness (QED) is 0.225. The molecule has 1 heterocycles. The second kappa shape index (κ2) is 17.1. The number of ether oxygens (including phenoxy) is 1. The van der Waals surface area contributed by atoms with Crippen molar-refractivity contribution in [1.82, 2.24) is 14.4 Å². The van der Waals surface area contributed by atoms with Gasteiger partial charge in [0.2, 0.25) is 11.8 Å². The molecule has 3 rings (SSSR count). The zero-order valence-corrected chi connectivity index (χ0v) is 23.8. The Hall–Kier alpha value is -2.60. The van der Waals surface area contributed by atoms with Gasteiger partial charge in [-0.3, -0.25) is 9.59 Å². The maximum atomic E-state index is 13.8. The van der Waals surface area contributed by atoms with Crippen LogP contribution in [0.5, 0.6) is 0 Å². The van der Waals surface area contributed by atoms with E-state index in [9.17, 15) is 9.59 Å². The minimum Gasteiger partial charge on any atom is -0.383 e. The number of rotatable bonds is 17. The normalized spacial score (nSPS) is 13.9. The minimum atomic E-state index is 0.0526. The first kappa shape index (κ1) is 29.9. The Labute approximate surface area is 230 Å². The lowest BCUT2D eigenvalue weighted by atomic mass is 9.94. The van der Waals surface area contributed by atoms with Gasteiger partial charge in [0.05, 0.1) is 19.7 Å². The molecule has 0 atom stereocenters. The summed E-state index contributed by atoms with van der Waals surface area (Å²) in [4.78, 5) is 30.8. The van der Waals surface area contributed by atoms with Gasteiger partial charge in [0.15, 0.2) is 0 Å². The summed E-state index contributed by atoms with van der Waals surface area (Å²) in [6, 6.07) is 14.9. The number of nitrogens with zero attached hydrogens (tertiary/aromatic N) is 3. The van der Waals surface area contributed by atoms with Crippen molar-refractivity contribution >= 4 is 11.8 Å². The topological polar surface area (TPSA) is 54.8 Å². The standard InChI is InChI=1S/C32H49N3O3/c1-3-4-5-6-7-14-21-31(36)34(23-24-38-2)27-32(37)35(29-18-12-9-13-19-29)26-30-20-15-22-33(30)25-28-16-10-8-11-17-28/h8,10-11,15-17,20,22,29H,3-7,9,12-14,18-19,21,23-27H2,1-2H3. The molecule has 1 saturated carbocycles. The highest BCUT2D eigenvalue weighted by molar-refractivity contribution is 5.85. The SMILES string of the molecule is CCCCCCCCC(=O)N(CCOC)CC(=O)N(Cc1cccn1Cc1ccccc1)C1CCCCC1. The van der Waals surface area contributed by atoms with Crippen molar-refractivity contribution < 1.29 is 14.3 Å². The molecule has 6 heteroatoms. The fraction of sp³-hybridized carbons (Fsp3) is 0.625. The van der Waals surface area contributed by atoms with Crippen molar-refractivity contribution in [2.24, 2.45) is 0 Å². The Morgan fingerprint density at radius 1 is 0.921 bits per heavy atom. The first-order valence-corrected chi connectivity index (χ1v) is 14.9. The summed E-state index contributed by atoms with van der Waals surface area (Å²) in [6.07, 6.45) is 15.1. The van der Waals surface area contributed by atoms with E-state index < -0.39 is 0 Å². The fourth-order valence-corrected chi connectivity index (χ4v) is 5.48. The molecule has 0 saturated heterocycles. The zero-order chi connectivity index (χ0) is 27.0. The van der Waals surface area contributed by atoms with Gasteiger partial charge in [-0.15, -0.1) is 0 Å². The molecule has 1 aromatic heterocycles. The highest BCUT2D eigenvalue weighted by atomic mass is 16.5. The predicted octanol–water partition coefficient (Wildman–Crippen LogP) is 6.42. The van der Waals surface area contributed by atoms with Crippen LogP contribution >= 0.6 is 0 Å². The van der Waals surface area contributed by atoms with Crippen LogP contribution in [-0.2, 0) is 27.4 Å². The predicted molar refractivity (Wildman–Crippen MR) is 154 cm³/mol. The summed E-state index contributed by atoms with van der Waals surface area (Å²) in [5.74, 6) is 0.124. The Bertz CT molecular complexity index is 936. The molecule has 0 radical (unpaired) electrons. The van der Waals surface area contributed by atoms with Crippen molar-refractivity contribution in [3.63, 3.8) is 0 Å². The monoisotopic (exact) mass is 523 g/mol. The lowest BCUT2D eigenvalue weighted by Crippen LogP contribution is -2.48. The van der Waals surface area contributed by atoms with E-state index in [1.165, 1.54) is 37.7 Å². The third-order valence-electron chi connectivity index (χ3n) is 7.78. The molecular formula is C32H49N3O3. The molecule has 1 fully saturated rings. The van der Waals surface area contributed by atoms with Crippen LogP contribution in [0.3, 0.4) is 0 Å². The van der Waals surface area contributed by atoms with Gasteiger partial charge in [0.25, 0.3) is 0 Å². The van der Waals surface area contributed by atoms with Crippen LogP contribution < -0.4 is 0 Å². The van der Waals surface area contributed by atoms with Crippen molar-refractivity contribution in [1.29, 1.82) is 0 Å².